The predicted octanol–water partition coefficient (Wildman–Crippen LogP) is 0.165. The molecule has 114 valence electrons. The van der Waals surface area contributed by atoms with Gasteiger partial charge in [0, 0.05) is 6.26 Å². The maximum absolute atomic E-state index is 12.2. The van der Waals surface area contributed by atoms with Crippen LogP contribution in [0.5, 0.6) is 0 Å². The van der Waals surface area contributed by atoms with Gasteiger partial charge in [-0.25, -0.2) is 21.6 Å². The van der Waals surface area contributed by atoms with E-state index < -0.39 is 19.9 Å². The van der Waals surface area contributed by atoms with Gasteiger partial charge in [-0.2, -0.15) is 4.98 Å². The van der Waals surface area contributed by atoms with Crippen LogP contribution >= 0.6 is 0 Å². The Morgan fingerprint density at radius 1 is 1.24 bits per heavy atom. The molecule has 0 radical (unpaired) electrons. The summed E-state index contributed by atoms with van der Waals surface area (Å²) in [5.41, 5.74) is 5.49. The largest absolute Gasteiger partial charge is 0.398 e. The molecule has 21 heavy (non-hydrogen) atoms. The number of sulfonamides is 1. The molecule has 1 heterocycles. The molecule has 0 amide bonds. The van der Waals surface area contributed by atoms with Gasteiger partial charge in [-0.1, -0.05) is 5.16 Å². The molecule has 0 fully saturated rings. The number of aryl methyl sites for hydroxylation is 1. The number of aromatic nitrogens is 2. The molecule has 11 heteroatoms. The zero-order valence-electron chi connectivity index (χ0n) is 11.1. The molecular weight excluding hydrogens is 320 g/mol. The SMILES string of the molecule is Cc1noc(NS(=O)(=O)c2cc(S(C)(=O)=O)ccc2N)n1. The highest BCUT2D eigenvalue weighted by atomic mass is 32.2. The second-order valence-corrected chi connectivity index (χ2v) is 7.89. The minimum atomic E-state index is -4.15. The van der Waals surface area contributed by atoms with Gasteiger partial charge in [0.15, 0.2) is 15.7 Å². The van der Waals surface area contributed by atoms with Gasteiger partial charge in [-0.3, -0.25) is 0 Å². The summed E-state index contributed by atoms with van der Waals surface area (Å²) in [6.45, 7) is 1.51. The van der Waals surface area contributed by atoms with Gasteiger partial charge in [0.25, 0.3) is 10.0 Å². The van der Waals surface area contributed by atoms with Gasteiger partial charge in [0.2, 0.25) is 0 Å². The fourth-order valence-electron chi connectivity index (χ4n) is 1.49. The van der Waals surface area contributed by atoms with E-state index in [4.69, 9.17) is 5.73 Å². The van der Waals surface area contributed by atoms with E-state index in [0.717, 1.165) is 12.3 Å². The maximum Gasteiger partial charge on any atom is 0.335 e. The van der Waals surface area contributed by atoms with E-state index in [2.05, 4.69) is 14.7 Å². The lowest BCUT2D eigenvalue weighted by Crippen LogP contribution is -2.16. The third-order valence-corrected chi connectivity index (χ3v) is 4.94. The Kier molecular flexibility index (Phi) is 3.63. The molecule has 0 aliphatic heterocycles. The molecule has 0 bridgehead atoms. The van der Waals surface area contributed by atoms with Crippen LogP contribution in [-0.2, 0) is 19.9 Å². The summed E-state index contributed by atoms with van der Waals surface area (Å²) in [4.78, 5) is 3.14. The van der Waals surface area contributed by atoms with Crippen molar-refractivity contribution in [2.75, 3.05) is 16.7 Å². The van der Waals surface area contributed by atoms with E-state index >= 15 is 0 Å². The summed E-state index contributed by atoms with van der Waals surface area (Å²) in [5, 5.41) is 3.43. The zero-order chi connectivity index (χ0) is 15.8. The number of anilines is 2. The van der Waals surface area contributed by atoms with Crippen LogP contribution in [0.2, 0.25) is 0 Å². The summed E-state index contributed by atoms with van der Waals surface area (Å²) in [6, 6.07) is 3.05. The standard InChI is InChI=1S/C10H12N4O5S2/c1-6-12-10(19-13-6)14-21(17,18)9-5-7(20(2,15)16)3-4-8(9)11/h3-5H,11H2,1-2H3,(H,12,13,14). The van der Waals surface area contributed by atoms with Crippen LogP contribution in [0.1, 0.15) is 5.82 Å². The number of nitrogens with zero attached hydrogens (tertiary/aromatic N) is 2. The molecule has 2 rings (SSSR count). The lowest BCUT2D eigenvalue weighted by Gasteiger charge is -2.08. The molecule has 0 unspecified atom stereocenters. The first-order valence-corrected chi connectivity index (χ1v) is 8.90. The Morgan fingerprint density at radius 2 is 1.90 bits per heavy atom. The maximum atomic E-state index is 12.2. The molecular formula is C10H12N4O5S2. The predicted molar refractivity (Wildman–Crippen MR) is 73.8 cm³/mol. The number of hydrogen-bond acceptors (Lipinski definition) is 8. The smallest absolute Gasteiger partial charge is 0.335 e. The van der Waals surface area contributed by atoms with E-state index in [0.29, 0.717) is 0 Å². The quantitative estimate of drug-likeness (QED) is 0.753. The number of nitrogens with two attached hydrogens (primary N) is 1. The van der Waals surface area contributed by atoms with Crippen LogP contribution in [0, 0.1) is 6.92 Å². The van der Waals surface area contributed by atoms with Crippen LogP contribution in [0.25, 0.3) is 0 Å². The van der Waals surface area contributed by atoms with Gasteiger partial charge in [-0.15, -0.1) is 0 Å². The average molecular weight is 332 g/mol. The molecule has 0 spiro atoms. The molecule has 0 atom stereocenters. The van der Waals surface area contributed by atoms with Crippen molar-refractivity contribution in [1.29, 1.82) is 0 Å². The van der Waals surface area contributed by atoms with Crippen molar-refractivity contribution in [3.8, 4) is 0 Å². The molecule has 1 aromatic heterocycles. The summed E-state index contributed by atoms with van der Waals surface area (Å²) in [6.07, 6.45) is 0.962. The van der Waals surface area contributed by atoms with Crippen molar-refractivity contribution >= 4 is 31.6 Å². The third-order valence-electron chi connectivity index (χ3n) is 2.45. The second kappa shape index (κ2) is 5.00. The Hall–Kier alpha value is -2.14. The number of sulfone groups is 1. The number of hydrogen-bond donors (Lipinski definition) is 2. The fourth-order valence-corrected chi connectivity index (χ4v) is 3.29. The highest BCUT2D eigenvalue weighted by Crippen LogP contribution is 2.24. The van der Waals surface area contributed by atoms with Gasteiger partial charge in [-0.05, 0) is 25.1 Å². The van der Waals surface area contributed by atoms with E-state index in [-0.39, 0.29) is 27.3 Å². The molecule has 9 nitrogen and oxygen atoms in total. The Balaban J connectivity index is 2.49. The van der Waals surface area contributed by atoms with Crippen molar-refractivity contribution in [2.24, 2.45) is 0 Å². The molecule has 2 aromatic rings. The van der Waals surface area contributed by atoms with Crippen molar-refractivity contribution in [3.05, 3.63) is 24.0 Å². The Bertz CT molecular complexity index is 886. The van der Waals surface area contributed by atoms with E-state index in [1.165, 1.54) is 19.1 Å². The minimum absolute atomic E-state index is 0.105. The van der Waals surface area contributed by atoms with Crippen molar-refractivity contribution in [2.45, 2.75) is 16.7 Å². The zero-order valence-corrected chi connectivity index (χ0v) is 12.7. The fraction of sp³-hybridized carbons (Fsp3) is 0.200. The van der Waals surface area contributed by atoms with E-state index in [9.17, 15) is 16.8 Å². The van der Waals surface area contributed by atoms with Crippen molar-refractivity contribution in [1.82, 2.24) is 10.1 Å². The van der Waals surface area contributed by atoms with Crippen LogP contribution < -0.4 is 10.5 Å². The van der Waals surface area contributed by atoms with E-state index in [1.807, 2.05) is 4.72 Å². The summed E-state index contributed by atoms with van der Waals surface area (Å²) in [7, 11) is -7.72. The highest BCUT2D eigenvalue weighted by Gasteiger charge is 2.22. The van der Waals surface area contributed by atoms with Crippen LogP contribution in [0.15, 0.2) is 32.5 Å². The number of nitrogens with one attached hydrogen (secondary N) is 1. The minimum Gasteiger partial charge on any atom is -0.398 e. The first-order valence-electron chi connectivity index (χ1n) is 5.52. The Morgan fingerprint density at radius 3 is 2.43 bits per heavy atom. The molecule has 1 aromatic carbocycles. The first kappa shape index (κ1) is 15.3. The van der Waals surface area contributed by atoms with Crippen molar-refractivity contribution in [3.63, 3.8) is 0 Å². The monoisotopic (exact) mass is 332 g/mol. The van der Waals surface area contributed by atoms with Crippen LogP contribution in [0.4, 0.5) is 11.7 Å². The lowest BCUT2D eigenvalue weighted by molar-refractivity contribution is 0.429. The number of rotatable bonds is 4. The van der Waals surface area contributed by atoms with Gasteiger partial charge < -0.3 is 10.3 Å². The molecule has 3 N–H and O–H groups in total. The average Bonchev–Trinajstić information content (AvgIpc) is 2.72. The topological polar surface area (TPSA) is 145 Å². The molecule has 0 aliphatic rings. The Labute approximate surface area is 121 Å². The summed E-state index contributed by atoms with van der Waals surface area (Å²) < 4.78 is 54.1. The van der Waals surface area contributed by atoms with Crippen LogP contribution in [0.3, 0.4) is 0 Å². The van der Waals surface area contributed by atoms with Gasteiger partial charge >= 0.3 is 6.01 Å². The molecule has 0 saturated carbocycles. The highest BCUT2D eigenvalue weighted by molar-refractivity contribution is 7.93. The lowest BCUT2D eigenvalue weighted by atomic mass is 10.3. The molecule has 0 aliphatic carbocycles. The second-order valence-electron chi connectivity index (χ2n) is 4.22. The summed E-state index contributed by atoms with van der Waals surface area (Å²) >= 11 is 0. The first-order chi connectivity index (χ1) is 9.59. The van der Waals surface area contributed by atoms with Crippen molar-refractivity contribution < 1.29 is 21.4 Å². The normalized spacial score (nSPS) is 12.3. The van der Waals surface area contributed by atoms with Gasteiger partial charge in [0.1, 0.15) is 4.90 Å². The van der Waals surface area contributed by atoms with Crippen LogP contribution in [-0.4, -0.2) is 33.2 Å². The number of nitrogen functional groups attached to an aromatic ring is 1. The van der Waals surface area contributed by atoms with E-state index in [1.54, 1.807) is 0 Å². The van der Waals surface area contributed by atoms with Gasteiger partial charge in [0.05, 0.1) is 10.6 Å². The number of benzene rings is 1. The molecule has 0 saturated heterocycles. The third kappa shape index (κ3) is 3.31. The summed E-state index contributed by atoms with van der Waals surface area (Å²) in [5.74, 6) is 0.241.